The Morgan fingerprint density at radius 2 is 2.37 bits per heavy atom. The fraction of sp³-hybridized carbons (Fsp3) is 0.500. The highest BCUT2D eigenvalue weighted by atomic mass is 32.2. The van der Waals surface area contributed by atoms with Crippen LogP contribution in [0.5, 0.6) is 0 Å². The molecule has 1 amide bonds. The summed E-state index contributed by atoms with van der Waals surface area (Å²) in [5.74, 6) is 2.34. The van der Waals surface area contributed by atoms with Crippen molar-refractivity contribution in [3.63, 3.8) is 0 Å². The van der Waals surface area contributed by atoms with Gasteiger partial charge in [0.1, 0.15) is 0 Å². The van der Waals surface area contributed by atoms with Gasteiger partial charge in [-0.1, -0.05) is 11.6 Å². The molecule has 19 heavy (non-hydrogen) atoms. The smallest absolute Gasteiger partial charge is 0.261 e. The Morgan fingerprint density at radius 3 is 3.16 bits per heavy atom. The molecule has 3 rings (SSSR count). The second-order valence-electron chi connectivity index (χ2n) is 4.86. The summed E-state index contributed by atoms with van der Waals surface area (Å²) in [6.45, 7) is 2.64. The van der Waals surface area contributed by atoms with E-state index in [1.54, 1.807) is 11.3 Å². The maximum atomic E-state index is 12.2. The van der Waals surface area contributed by atoms with E-state index in [1.807, 2.05) is 11.8 Å². The molecule has 0 bridgehead atoms. The molecule has 0 aliphatic carbocycles. The van der Waals surface area contributed by atoms with E-state index in [4.69, 9.17) is 0 Å². The minimum atomic E-state index is 0.0869. The van der Waals surface area contributed by atoms with E-state index in [0.717, 1.165) is 36.6 Å². The van der Waals surface area contributed by atoms with Crippen molar-refractivity contribution in [1.29, 1.82) is 0 Å². The molecule has 0 saturated heterocycles. The van der Waals surface area contributed by atoms with Crippen molar-refractivity contribution >= 4 is 29.0 Å². The summed E-state index contributed by atoms with van der Waals surface area (Å²) in [4.78, 5) is 14.4. The number of hydrogen-bond acceptors (Lipinski definition) is 4. The Labute approximate surface area is 121 Å². The average Bonchev–Trinajstić information content (AvgIpc) is 2.90. The number of thiophene rings is 1. The van der Waals surface area contributed by atoms with Gasteiger partial charge in [0.05, 0.1) is 4.88 Å². The van der Waals surface area contributed by atoms with Crippen molar-refractivity contribution in [2.75, 3.05) is 25.4 Å². The predicted molar refractivity (Wildman–Crippen MR) is 82.1 cm³/mol. The first kappa shape index (κ1) is 13.2. The molecule has 0 spiro atoms. The zero-order valence-electron chi connectivity index (χ0n) is 10.8. The first-order valence-corrected chi connectivity index (χ1v) is 8.66. The maximum absolute atomic E-state index is 12.2. The van der Waals surface area contributed by atoms with Gasteiger partial charge in [-0.15, -0.1) is 11.3 Å². The lowest BCUT2D eigenvalue weighted by atomic mass is 10.1. The van der Waals surface area contributed by atoms with Gasteiger partial charge in [0.2, 0.25) is 0 Å². The lowest BCUT2D eigenvalue weighted by Gasteiger charge is -2.14. The maximum Gasteiger partial charge on any atom is 0.261 e. The molecule has 5 heteroatoms. The Bertz CT molecular complexity index is 484. The average molecular weight is 294 g/mol. The van der Waals surface area contributed by atoms with Crippen LogP contribution in [0, 0.1) is 0 Å². The zero-order chi connectivity index (χ0) is 13.1. The molecule has 1 aromatic heterocycles. The molecule has 2 aliphatic heterocycles. The molecule has 0 aromatic carbocycles. The largest absolute Gasteiger partial charge is 0.348 e. The van der Waals surface area contributed by atoms with Gasteiger partial charge in [0, 0.05) is 23.7 Å². The van der Waals surface area contributed by atoms with Crippen LogP contribution < -0.4 is 10.6 Å². The van der Waals surface area contributed by atoms with Crippen molar-refractivity contribution in [3.05, 3.63) is 33.0 Å². The van der Waals surface area contributed by atoms with Gasteiger partial charge in [0.25, 0.3) is 5.91 Å². The minimum Gasteiger partial charge on any atom is -0.348 e. The molecule has 2 N–H and O–H groups in total. The third-order valence-electron chi connectivity index (χ3n) is 3.49. The van der Waals surface area contributed by atoms with Gasteiger partial charge in [-0.2, -0.15) is 11.8 Å². The molecule has 2 aliphatic rings. The summed E-state index contributed by atoms with van der Waals surface area (Å²) < 4.78 is 0. The van der Waals surface area contributed by atoms with Crippen molar-refractivity contribution in [2.45, 2.75) is 18.6 Å². The van der Waals surface area contributed by atoms with E-state index >= 15 is 0 Å². The Kier molecular flexibility index (Phi) is 4.25. The summed E-state index contributed by atoms with van der Waals surface area (Å²) in [7, 11) is 0. The summed E-state index contributed by atoms with van der Waals surface area (Å²) in [5.41, 5.74) is 2.71. The van der Waals surface area contributed by atoms with Crippen LogP contribution in [0.15, 0.2) is 17.7 Å². The molecule has 1 aromatic rings. The molecule has 3 heterocycles. The van der Waals surface area contributed by atoms with Crippen molar-refractivity contribution in [3.8, 4) is 0 Å². The van der Waals surface area contributed by atoms with Gasteiger partial charge < -0.3 is 10.6 Å². The number of rotatable bonds is 3. The number of carbonyl (C=O) groups excluding carboxylic acids is 1. The number of aryl methyl sites for hydroxylation is 1. The fourth-order valence-electron chi connectivity index (χ4n) is 2.37. The molecular formula is C14H18N2OS2. The van der Waals surface area contributed by atoms with Crippen molar-refractivity contribution < 1.29 is 4.79 Å². The quantitative estimate of drug-likeness (QED) is 0.840. The molecule has 102 valence electrons. The van der Waals surface area contributed by atoms with E-state index in [0.29, 0.717) is 6.54 Å². The van der Waals surface area contributed by atoms with E-state index in [1.165, 1.54) is 21.8 Å². The predicted octanol–water partition coefficient (Wildman–Crippen LogP) is 2.19. The van der Waals surface area contributed by atoms with E-state index in [-0.39, 0.29) is 5.91 Å². The molecule has 0 saturated carbocycles. The summed E-state index contributed by atoms with van der Waals surface area (Å²) in [6, 6.07) is 2.08. The summed E-state index contributed by atoms with van der Waals surface area (Å²) in [5, 5.41) is 6.32. The SMILES string of the molecule is O=C(NCC1=CCNCC1)c1cc2c(s1)CCSC2. The number of amides is 1. The monoisotopic (exact) mass is 294 g/mol. The third kappa shape index (κ3) is 3.22. The number of fused-ring (bicyclic) bond motifs is 1. The Hall–Kier alpha value is -0.780. The van der Waals surface area contributed by atoms with Crippen molar-refractivity contribution in [1.82, 2.24) is 10.6 Å². The third-order valence-corrected chi connectivity index (χ3v) is 5.73. The van der Waals surface area contributed by atoms with Crippen LogP contribution in [0.1, 0.15) is 26.5 Å². The van der Waals surface area contributed by atoms with Crippen LogP contribution in [0.4, 0.5) is 0 Å². The second-order valence-corrected chi connectivity index (χ2v) is 7.10. The molecule has 3 nitrogen and oxygen atoms in total. The highest BCUT2D eigenvalue weighted by Crippen LogP contribution is 2.31. The lowest BCUT2D eigenvalue weighted by Crippen LogP contribution is -2.29. The standard InChI is InChI=1S/C14H18N2OS2/c17-14(16-8-10-1-4-15-5-2-10)13-7-11-9-18-6-3-12(11)19-13/h1,7,15H,2-6,8-9H2,(H,16,17). The topological polar surface area (TPSA) is 41.1 Å². The highest BCUT2D eigenvalue weighted by molar-refractivity contribution is 7.98. The number of carbonyl (C=O) groups is 1. The minimum absolute atomic E-state index is 0.0869. The van der Waals surface area contributed by atoms with Crippen LogP contribution in [0.25, 0.3) is 0 Å². The van der Waals surface area contributed by atoms with Gasteiger partial charge in [0.15, 0.2) is 0 Å². The van der Waals surface area contributed by atoms with Gasteiger partial charge in [-0.25, -0.2) is 0 Å². The normalized spacial score (nSPS) is 18.6. The molecule has 0 unspecified atom stereocenters. The van der Waals surface area contributed by atoms with Crippen LogP contribution in [0.2, 0.25) is 0 Å². The highest BCUT2D eigenvalue weighted by Gasteiger charge is 2.17. The van der Waals surface area contributed by atoms with Crippen LogP contribution in [-0.4, -0.2) is 31.3 Å². The van der Waals surface area contributed by atoms with Crippen LogP contribution in [0.3, 0.4) is 0 Å². The summed E-state index contributed by atoms with van der Waals surface area (Å²) >= 11 is 3.63. The lowest BCUT2D eigenvalue weighted by molar-refractivity contribution is 0.0960. The first-order valence-electron chi connectivity index (χ1n) is 6.69. The molecule has 0 radical (unpaired) electrons. The fourth-order valence-corrected chi connectivity index (χ4v) is 4.66. The Balaban J connectivity index is 1.60. The second kappa shape index (κ2) is 6.11. The molecule has 0 fully saturated rings. The number of nitrogens with one attached hydrogen (secondary N) is 2. The number of hydrogen-bond donors (Lipinski definition) is 2. The van der Waals surface area contributed by atoms with Crippen molar-refractivity contribution in [2.24, 2.45) is 0 Å². The van der Waals surface area contributed by atoms with E-state index in [2.05, 4.69) is 22.8 Å². The van der Waals surface area contributed by atoms with Gasteiger partial charge >= 0.3 is 0 Å². The first-order chi connectivity index (χ1) is 9.33. The molecular weight excluding hydrogens is 276 g/mol. The summed E-state index contributed by atoms with van der Waals surface area (Å²) in [6.07, 6.45) is 4.34. The van der Waals surface area contributed by atoms with Gasteiger partial charge in [-0.05, 0) is 36.8 Å². The van der Waals surface area contributed by atoms with E-state index in [9.17, 15) is 4.79 Å². The van der Waals surface area contributed by atoms with Crippen LogP contribution >= 0.6 is 23.1 Å². The number of thioether (sulfide) groups is 1. The van der Waals surface area contributed by atoms with E-state index < -0.39 is 0 Å². The van der Waals surface area contributed by atoms with Gasteiger partial charge in [-0.3, -0.25) is 4.79 Å². The zero-order valence-corrected chi connectivity index (χ0v) is 12.5. The molecule has 0 atom stereocenters. The Morgan fingerprint density at radius 1 is 1.42 bits per heavy atom. The van der Waals surface area contributed by atoms with Crippen LogP contribution in [-0.2, 0) is 12.2 Å².